The highest BCUT2D eigenvalue weighted by Gasteiger charge is 2.30. The topological polar surface area (TPSA) is 109 Å². The zero-order valence-electron chi connectivity index (χ0n) is 9.74. The number of nitrogens with one attached hydrogen (secondary N) is 1. The Labute approximate surface area is 94.2 Å². The van der Waals surface area contributed by atoms with E-state index in [2.05, 4.69) is 5.32 Å². The van der Waals surface area contributed by atoms with Gasteiger partial charge in [-0.1, -0.05) is 20.8 Å². The summed E-state index contributed by atoms with van der Waals surface area (Å²) in [6.45, 7) is 5.22. The van der Waals surface area contributed by atoms with E-state index in [-0.39, 0.29) is 0 Å². The Morgan fingerprint density at radius 1 is 1.38 bits per heavy atom. The normalized spacial score (nSPS) is 12.9. The SMILES string of the molecule is CCC(C)(C)C(=O)N[C@H](CC(N)=O)C(=O)O. The molecule has 0 rings (SSSR count). The fourth-order valence-corrected chi connectivity index (χ4v) is 0.915. The molecular weight excluding hydrogens is 212 g/mol. The molecule has 0 aliphatic carbocycles. The predicted octanol–water partition coefficient (Wildman–Crippen LogP) is -0.133. The molecule has 0 saturated heterocycles. The largest absolute Gasteiger partial charge is 0.480 e. The van der Waals surface area contributed by atoms with Crippen molar-refractivity contribution < 1.29 is 19.5 Å². The van der Waals surface area contributed by atoms with Gasteiger partial charge in [0.05, 0.1) is 6.42 Å². The summed E-state index contributed by atoms with van der Waals surface area (Å²) in [4.78, 5) is 33.1. The van der Waals surface area contributed by atoms with Crippen LogP contribution >= 0.6 is 0 Å². The van der Waals surface area contributed by atoms with E-state index in [4.69, 9.17) is 10.8 Å². The van der Waals surface area contributed by atoms with Crippen molar-refractivity contribution in [2.24, 2.45) is 11.1 Å². The van der Waals surface area contributed by atoms with Gasteiger partial charge in [-0.25, -0.2) is 4.79 Å². The highest BCUT2D eigenvalue weighted by atomic mass is 16.4. The van der Waals surface area contributed by atoms with Gasteiger partial charge in [0.1, 0.15) is 6.04 Å². The minimum atomic E-state index is -1.26. The average molecular weight is 230 g/mol. The number of aliphatic carboxylic acids is 1. The van der Waals surface area contributed by atoms with Crippen molar-refractivity contribution >= 4 is 17.8 Å². The summed E-state index contributed by atoms with van der Waals surface area (Å²) in [5.74, 6) is -2.43. The molecule has 0 unspecified atom stereocenters. The molecule has 0 radical (unpaired) electrons. The summed E-state index contributed by atoms with van der Waals surface area (Å²) in [6.07, 6.45) is 0.169. The van der Waals surface area contributed by atoms with Crippen molar-refractivity contribution in [3.8, 4) is 0 Å². The first-order valence-electron chi connectivity index (χ1n) is 5.02. The van der Waals surface area contributed by atoms with Gasteiger partial charge in [0.25, 0.3) is 0 Å². The van der Waals surface area contributed by atoms with E-state index >= 15 is 0 Å². The average Bonchev–Trinajstić information content (AvgIpc) is 2.15. The van der Waals surface area contributed by atoms with Crippen molar-refractivity contribution in [2.45, 2.75) is 39.7 Å². The van der Waals surface area contributed by atoms with Crippen LogP contribution < -0.4 is 11.1 Å². The van der Waals surface area contributed by atoms with Crippen molar-refractivity contribution in [1.82, 2.24) is 5.32 Å². The van der Waals surface area contributed by atoms with E-state index in [9.17, 15) is 14.4 Å². The third-order valence-corrected chi connectivity index (χ3v) is 2.51. The fraction of sp³-hybridized carbons (Fsp3) is 0.700. The van der Waals surface area contributed by atoms with Crippen molar-refractivity contribution in [2.75, 3.05) is 0 Å². The van der Waals surface area contributed by atoms with Crippen molar-refractivity contribution in [3.05, 3.63) is 0 Å². The first-order chi connectivity index (χ1) is 7.20. The van der Waals surface area contributed by atoms with Crippen LogP contribution in [-0.2, 0) is 14.4 Å². The summed E-state index contributed by atoms with van der Waals surface area (Å²) in [6, 6.07) is -1.25. The van der Waals surface area contributed by atoms with Crippen LogP contribution in [-0.4, -0.2) is 28.9 Å². The standard InChI is InChI=1S/C10H18N2O4/c1-4-10(2,3)9(16)12-6(8(14)15)5-7(11)13/h6H,4-5H2,1-3H3,(H2,11,13)(H,12,16)(H,14,15)/t6-/m1/s1. The molecule has 0 saturated carbocycles. The third-order valence-electron chi connectivity index (χ3n) is 2.51. The number of amides is 2. The van der Waals surface area contributed by atoms with Gasteiger partial charge < -0.3 is 16.2 Å². The summed E-state index contributed by atoms with van der Waals surface area (Å²) in [7, 11) is 0. The summed E-state index contributed by atoms with van der Waals surface area (Å²) in [5, 5.41) is 11.1. The van der Waals surface area contributed by atoms with Crippen LogP contribution in [0.25, 0.3) is 0 Å². The fourth-order valence-electron chi connectivity index (χ4n) is 0.915. The molecule has 2 amide bonds. The quantitative estimate of drug-likeness (QED) is 0.590. The lowest BCUT2D eigenvalue weighted by Gasteiger charge is -2.24. The van der Waals surface area contributed by atoms with Crippen molar-refractivity contribution in [1.29, 1.82) is 0 Å². The van der Waals surface area contributed by atoms with Crippen LogP contribution in [0.15, 0.2) is 0 Å². The smallest absolute Gasteiger partial charge is 0.326 e. The van der Waals surface area contributed by atoms with Gasteiger partial charge in [-0.2, -0.15) is 0 Å². The molecule has 0 aliphatic heterocycles. The van der Waals surface area contributed by atoms with Gasteiger partial charge >= 0.3 is 5.97 Å². The molecule has 6 heteroatoms. The highest BCUT2D eigenvalue weighted by Crippen LogP contribution is 2.19. The molecule has 1 atom stereocenters. The Morgan fingerprint density at radius 3 is 2.19 bits per heavy atom. The molecule has 92 valence electrons. The third kappa shape index (κ3) is 4.29. The lowest BCUT2D eigenvalue weighted by Crippen LogP contribution is -2.48. The zero-order valence-corrected chi connectivity index (χ0v) is 9.74. The molecule has 0 spiro atoms. The van der Waals surface area contributed by atoms with E-state index in [1.807, 2.05) is 6.92 Å². The molecule has 0 aliphatic rings. The van der Waals surface area contributed by atoms with Gasteiger partial charge in [-0.3, -0.25) is 9.59 Å². The Balaban J connectivity index is 4.58. The number of hydrogen-bond donors (Lipinski definition) is 3. The molecular formula is C10H18N2O4. The molecule has 0 heterocycles. The van der Waals surface area contributed by atoms with Gasteiger partial charge in [0.2, 0.25) is 11.8 Å². The number of hydrogen-bond acceptors (Lipinski definition) is 3. The monoisotopic (exact) mass is 230 g/mol. The number of carboxylic acids is 1. The maximum absolute atomic E-state index is 11.7. The lowest BCUT2D eigenvalue weighted by molar-refractivity contribution is -0.144. The Hall–Kier alpha value is -1.59. The van der Waals surface area contributed by atoms with Gasteiger partial charge in [-0.15, -0.1) is 0 Å². The molecule has 0 aromatic rings. The number of carbonyl (C=O) groups is 3. The Morgan fingerprint density at radius 2 is 1.88 bits per heavy atom. The van der Waals surface area contributed by atoms with Crippen LogP contribution in [0, 0.1) is 5.41 Å². The molecule has 0 aromatic carbocycles. The second-order valence-electron chi connectivity index (χ2n) is 4.27. The first kappa shape index (κ1) is 14.4. The molecule has 6 nitrogen and oxygen atoms in total. The second-order valence-corrected chi connectivity index (χ2v) is 4.27. The van der Waals surface area contributed by atoms with E-state index < -0.39 is 35.7 Å². The van der Waals surface area contributed by atoms with Crippen LogP contribution in [0.5, 0.6) is 0 Å². The number of carbonyl (C=O) groups excluding carboxylic acids is 2. The highest BCUT2D eigenvalue weighted by molar-refractivity contribution is 5.90. The lowest BCUT2D eigenvalue weighted by atomic mass is 9.89. The number of rotatable bonds is 6. The zero-order chi connectivity index (χ0) is 12.9. The van der Waals surface area contributed by atoms with Crippen LogP contribution in [0.3, 0.4) is 0 Å². The van der Waals surface area contributed by atoms with E-state index in [1.165, 1.54) is 0 Å². The first-order valence-corrected chi connectivity index (χ1v) is 5.02. The second kappa shape index (κ2) is 5.48. The summed E-state index contributed by atoms with van der Waals surface area (Å²) >= 11 is 0. The molecule has 0 aromatic heterocycles. The maximum atomic E-state index is 11.7. The molecule has 4 N–H and O–H groups in total. The van der Waals surface area contributed by atoms with E-state index in [1.54, 1.807) is 13.8 Å². The Bertz CT molecular complexity index is 299. The number of nitrogens with two attached hydrogens (primary N) is 1. The van der Waals surface area contributed by atoms with Crippen molar-refractivity contribution in [3.63, 3.8) is 0 Å². The molecule has 0 fully saturated rings. The van der Waals surface area contributed by atoms with Gasteiger partial charge in [0.15, 0.2) is 0 Å². The van der Waals surface area contributed by atoms with Crippen LogP contribution in [0.1, 0.15) is 33.6 Å². The molecule has 0 bridgehead atoms. The number of primary amides is 1. The number of carboxylic acid groups (broad SMARTS) is 1. The van der Waals surface area contributed by atoms with Crippen LogP contribution in [0.4, 0.5) is 0 Å². The maximum Gasteiger partial charge on any atom is 0.326 e. The van der Waals surface area contributed by atoms with Crippen LogP contribution in [0.2, 0.25) is 0 Å². The summed E-state index contributed by atoms with van der Waals surface area (Å²) in [5.41, 5.74) is 4.23. The van der Waals surface area contributed by atoms with E-state index in [0.717, 1.165) is 0 Å². The van der Waals surface area contributed by atoms with E-state index in [0.29, 0.717) is 6.42 Å². The minimum Gasteiger partial charge on any atom is -0.480 e. The van der Waals surface area contributed by atoms with Gasteiger partial charge in [-0.05, 0) is 6.42 Å². The Kier molecular flexibility index (Phi) is 4.94. The minimum absolute atomic E-state index is 0.399. The van der Waals surface area contributed by atoms with Gasteiger partial charge in [0, 0.05) is 5.41 Å². The predicted molar refractivity (Wildman–Crippen MR) is 57.4 cm³/mol. The molecule has 16 heavy (non-hydrogen) atoms. The summed E-state index contributed by atoms with van der Waals surface area (Å²) < 4.78 is 0.